The second-order valence-electron chi connectivity index (χ2n) is 6.91. The van der Waals surface area contributed by atoms with E-state index in [0.717, 1.165) is 0 Å². The average Bonchev–Trinajstić information content (AvgIpc) is 2.69. The molecule has 0 saturated heterocycles. The highest BCUT2D eigenvalue weighted by molar-refractivity contribution is 7.87. The maximum Gasteiger partial charge on any atom is 0.465 e. The molecule has 0 atom stereocenters. The Morgan fingerprint density at radius 3 is 1.68 bits per heavy atom. The highest BCUT2D eigenvalue weighted by atomic mass is 32.2. The van der Waals surface area contributed by atoms with Gasteiger partial charge in [-0.05, 0) is 12.8 Å². The Labute approximate surface area is 186 Å². The third kappa shape index (κ3) is 5.94. The molecule has 0 aromatic rings. The van der Waals surface area contributed by atoms with Gasteiger partial charge in [0.25, 0.3) is 0 Å². The third-order valence-corrected chi connectivity index (χ3v) is 5.51. The molecule has 0 aromatic heterocycles. The molecule has 0 rings (SSSR count). The fourth-order valence-electron chi connectivity index (χ4n) is 2.27. The van der Waals surface area contributed by atoms with Gasteiger partial charge in [0, 0.05) is 11.8 Å². The van der Waals surface area contributed by atoms with Gasteiger partial charge in [0.1, 0.15) is 5.76 Å². The number of allylic oxidation sites excluding steroid dienone is 1. The van der Waals surface area contributed by atoms with Crippen LogP contribution in [-0.4, -0.2) is 65.6 Å². The lowest BCUT2D eigenvalue weighted by atomic mass is 9.79. The molecular formula is C16H18F8O9S. The third-order valence-electron chi connectivity index (χ3n) is 4.69. The SMILES string of the molecule is C=C(CC(CC)(CC)COC(=O)C(F)(F)S(=O)(=O)O)OC(=O)C(F)(F)C(F)(F)C(F)(F)C(=O)O. The van der Waals surface area contributed by atoms with Gasteiger partial charge >= 0.3 is 51.0 Å². The van der Waals surface area contributed by atoms with Gasteiger partial charge in [-0.3, -0.25) is 4.55 Å². The summed E-state index contributed by atoms with van der Waals surface area (Å²) in [7, 11) is -6.22. The summed E-state index contributed by atoms with van der Waals surface area (Å²) in [6, 6.07) is 0. The number of hydrogen-bond donors (Lipinski definition) is 2. The van der Waals surface area contributed by atoms with Crippen LogP contribution in [-0.2, 0) is 34.0 Å². The summed E-state index contributed by atoms with van der Waals surface area (Å²) in [6.07, 6.45) is -1.27. The number of carbonyl (C=O) groups excluding carboxylic acids is 2. The Balaban J connectivity index is 5.62. The molecule has 0 radical (unpaired) electrons. The Morgan fingerprint density at radius 1 is 0.882 bits per heavy atom. The molecular weight excluding hydrogens is 520 g/mol. The summed E-state index contributed by atoms with van der Waals surface area (Å²) >= 11 is 0. The largest absolute Gasteiger partial charge is 0.477 e. The number of carboxylic acids is 1. The fourth-order valence-corrected chi connectivity index (χ4v) is 2.54. The minimum absolute atomic E-state index is 0.200. The van der Waals surface area contributed by atoms with Gasteiger partial charge in [-0.2, -0.15) is 43.5 Å². The fraction of sp³-hybridized carbons (Fsp3) is 0.688. The van der Waals surface area contributed by atoms with E-state index >= 15 is 0 Å². The van der Waals surface area contributed by atoms with Gasteiger partial charge < -0.3 is 14.6 Å². The topological polar surface area (TPSA) is 144 Å². The van der Waals surface area contributed by atoms with Crippen LogP contribution in [0.2, 0.25) is 0 Å². The predicted molar refractivity (Wildman–Crippen MR) is 92.8 cm³/mol. The Kier molecular flexibility index (Phi) is 9.27. The number of esters is 2. The van der Waals surface area contributed by atoms with Crippen LogP contribution < -0.4 is 0 Å². The summed E-state index contributed by atoms with van der Waals surface area (Å²) < 4.78 is 144. The molecule has 198 valence electrons. The number of hydrogen-bond acceptors (Lipinski definition) is 7. The van der Waals surface area contributed by atoms with Crippen LogP contribution in [0.5, 0.6) is 0 Å². The summed E-state index contributed by atoms with van der Waals surface area (Å²) in [5.74, 6) is -30.3. The number of rotatable bonds is 13. The monoisotopic (exact) mass is 538 g/mol. The van der Waals surface area contributed by atoms with E-state index in [1.807, 2.05) is 0 Å². The van der Waals surface area contributed by atoms with Gasteiger partial charge in [-0.25, -0.2) is 14.4 Å². The summed E-state index contributed by atoms with van der Waals surface area (Å²) in [4.78, 5) is 33.0. The van der Waals surface area contributed by atoms with Crippen LogP contribution in [0.15, 0.2) is 12.3 Å². The van der Waals surface area contributed by atoms with Crippen molar-refractivity contribution in [2.45, 2.75) is 56.1 Å². The van der Waals surface area contributed by atoms with Crippen molar-refractivity contribution in [1.29, 1.82) is 0 Å². The standard InChI is InChI=1S/C16H18F8O9S/c1-4-12(5-2,7-32-11(28)15(21,22)34(29,30)31)6-8(3)33-10(27)14(19,20)16(23,24)13(17,18)9(25)26/h3-7H2,1-2H3,(H,25,26)(H,29,30,31). The smallest absolute Gasteiger partial charge is 0.465 e. The molecule has 0 aliphatic carbocycles. The molecule has 0 unspecified atom stereocenters. The van der Waals surface area contributed by atoms with Crippen molar-refractivity contribution < 1.29 is 77.1 Å². The molecule has 9 nitrogen and oxygen atoms in total. The number of aliphatic carboxylic acids is 1. The van der Waals surface area contributed by atoms with E-state index in [1.54, 1.807) is 0 Å². The first kappa shape index (κ1) is 31.5. The van der Waals surface area contributed by atoms with Crippen LogP contribution in [0.4, 0.5) is 35.1 Å². The van der Waals surface area contributed by atoms with Crippen LogP contribution >= 0.6 is 0 Å². The van der Waals surface area contributed by atoms with E-state index in [0.29, 0.717) is 0 Å². The first-order chi connectivity index (χ1) is 15.0. The van der Waals surface area contributed by atoms with Gasteiger partial charge in [-0.1, -0.05) is 20.4 Å². The quantitative estimate of drug-likeness (QED) is 0.156. The van der Waals surface area contributed by atoms with Crippen molar-refractivity contribution in [2.75, 3.05) is 6.61 Å². The summed E-state index contributed by atoms with van der Waals surface area (Å²) in [6.45, 7) is 4.42. The van der Waals surface area contributed by atoms with Crippen molar-refractivity contribution in [3.05, 3.63) is 12.3 Å². The van der Waals surface area contributed by atoms with E-state index in [1.165, 1.54) is 13.8 Å². The molecule has 0 spiro atoms. The minimum atomic E-state index is -6.74. The lowest BCUT2D eigenvalue weighted by Crippen LogP contribution is -2.61. The molecule has 18 heteroatoms. The van der Waals surface area contributed by atoms with E-state index in [2.05, 4.69) is 16.1 Å². The van der Waals surface area contributed by atoms with Crippen LogP contribution in [0.25, 0.3) is 0 Å². The number of carboxylic acid groups (broad SMARTS) is 1. The molecule has 0 aliphatic heterocycles. The molecule has 2 N–H and O–H groups in total. The molecule has 0 saturated carbocycles. The first-order valence-corrected chi connectivity index (χ1v) is 10.2. The molecule has 0 aromatic carbocycles. The van der Waals surface area contributed by atoms with Crippen molar-refractivity contribution in [3.63, 3.8) is 0 Å². The van der Waals surface area contributed by atoms with E-state index in [9.17, 15) is 57.9 Å². The number of ether oxygens (including phenoxy) is 2. The van der Waals surface area contributed by atoms with Crippen LogP contribution in [0.1, 0.15) is 33.1 Å². The maximum absolute atomic E-state index is 13.7. The lowest BCUT2D eigenvalue weighted by Gasteiger charge is -2.32. The van der Waals surface area contributed by atoms with Gasteiger partial charge in [0.05, 0.1) is 6.61 Å². The van der Waals surface area contributed by atoms with E-state index in [-0.39, 0.29) is 12.8 Å². The van der Waals surface area contributed by atoms with Crippen LogP contribution in [0.3, 0.4) is 0 Å². The molecule has 0 fully saturated rings. The molecule has 0 aliphatic rings. The van der Waals surface area contributed by atoms with E-state index in [4.69, 9.17) is 9.66 Å². The van der Waals surface area contributed by atoms with E-state index < -0.39 is 75.3 Å². The minimum Gasteiger partial charge on any atom is -0.477 e. The number of halogens is 8. The summed E-state index contributed by atoms with van der Waals surface area (Å²) in [5, 5.41) is 2.67. The number of carbonyl (C=O) groups is 3. The second-order valence-corrected chi connectivity index (χ2v) is 8.37. The van der Waals surface area contributed by atoms with Gasteiger partial charge in [-0.15, -0.1) is 0 Å². The Morgan fingerprint density at radius 2 is 1.32 bits per heavy atom. The second kappa shape index (κ2) is 10.0. The Hall–Kier alpha value is -2.50. The zero-order chi connectivity index (χ0) is 27.6. The highest BCUT2D eigenvalue weighted by Gasteiger charge is 2.79. The zero-order valence-electron chi connectivity index (χ0n) is 17.2. The van der Waals surface area contributed by atoms with Crippen molar-refractivity contribution >= 4 is 28.0 Å². The lowest BCUT2D eigenvalue weighted by molar-refractivity contribution is -0.298. The van der Waals surface area contributed by atoms with Gasteiger partial charge in [0.2, 0.25) is 0 Å². The highest BCUT2D eigenvalue weighted by Crippen LogP contribution is 2.47. The molecule has 0 bridgehead atoms. The van der Waals surface area contributed by atoms with Crippen molar-refractivity contribution in [3.8, 4) is 0 Å². The van der Waals surface area contributed by atoms with Crippen molar-refractivity contribution in [2.24, 2.45) is 5.41 Å². The predicted octanol–water partition coefficient (Wildman–Crippen LogP) is 3.25. The molecule has 0 heterocycles. The zero-order valence-corrected chi connectivity index (χ0v) is 18.0. The first-order valence-electron chi connectivity index (χ1n) is 8.75. The van der Waals surface area contributed by atoms with Crippen LogP contribution in [0, 0.1) is 5.41 Å². The number of alkyl halides is 8. The summed E-state index contributed by atoms with van der Waals surface area (Å²) in [5.41, 5.74) is -1.61. The Bertz CT molecular complexity index is 927. The van der Waals surface area contributed by atoms with Gasteiger partial charge in [0.15, 0.2) is 0 Å². The van der Waals surface area contributed by atoms with Crippen molar-refractivity contribution in [1.82, 2.24) is 0 Å². The maximum atomic E-state index is 13.7. The normalized spacial score (nSPS) is 13.9. The average molecular weight is 538 g/mol. The molecule has 0 amide bonds. The molecule has 34 heavy (non-hydrogen) atoms.